The molecule has 2 amide bonds. The molecule has 0 saturated carbocycles. The number of aromatic amines is 1. The number of H-pyrrole nitrogens is 1. The number of carbonyl (C=O) groups excluding carboxylic acids is 1. The van der Waals surface area contributed by atoms with Gasteiger partial charge in [0.2, 0.25) is 0 Å². The zero-order valence-electron chi connectivity index (χ0n) is 11.9. The van der Waals surface area contributed by atoms with Gasteiger partial charge in [0.25, 0.3) is 0 Å². The van der Waals surface area contributed by atoms with Crippen LogP contribution in [0.3, 0.4) is 0 Å². The number of halogens is 1. The predicted octanol–water partition coefficient (Wildman–Crippen LogP) is 4.19. The average Bonchev–Trinajstić information content (AvgIpc) is 2.95. The van der Waals surface area contributed by atoms with Crippen LogP contribution in [-0.4, -0.2) is 17.6 Å². The van der Waals surface area contributed by atoms with Crippen molar-refractivity contribution in [3.8, 4) is 0 Å². The van der Waals surface area contributed by atoms with Gasteiger partial charge in [-0.25, -0.2) is 4.79 Å². The molecule has 3 N–H and O–H groups in total. The smallest absolute Gasteiger partial charge is 0.319 e. The Morgan fingerprint density at radius 2 is 2.05 bits per heavy atom. The second-order valence-electron chi connectivity index (χ2n) is 5.04. The first-order valence-corrected chi connectivity index (χ1v) is 7.45. The third-order valence-corrected chi connectivity index (χ3v) is 3.63. The number of hydrogen-bond acceptors (Lipinski definition) is 1. The van der Waals surface area contributed by atoms with Gasteiger partial charge in [-0.3, -0.25) is 0 Å². The van der Waals surface area contributed by atoms with Crippen molar-refractivity contribution in [1.29, 1.82) is 0 Å². The molecule has 3 aromatic rings. The van der Waals surface area contributed by atoms with Crippen molar-refractivity contribution in [2.75, 3.05) is 11.9 Å². The Hall–Kier alpha value is -2.46. The number of fused-ring (bicyclic) bond motifs is 1. The van der Waals surface area contributed by atoms with Crippen LogP contribution < -0.4 is 10.6 Å². The first kappa shape index (κ1) is 14.5. The van der Waals surface area contributed by atoms with Crippen molar-refractivity contribution in [2.45, 2.75) is 6.42 Å². The van der Waals surface area contributed by atoms with E-state index in [1.54, 1.807) is 24.3 Å². The third-order valence-electron chi connectivity index (χ3n) is 3.40. The Kier molecular flexibility index (Phi) is 4.30. The fourth-order valence-corrected chi connectivity index (χ4v) is 2.51. The van der Waals surface area contributed by atoms with E-state index in [1.807, 2.05) is 12.3 Å². The Morgan fingerprint density at radius 1 is 1.14 bits per heavy atom. The summed E-state index contributed by atoms with van der Waals surface area (Å²) in [4.78, 5) is 15.0. The molecule has 0 saturated heterocycles. The summed E-state index contributed by atoms with van der Waals surface area (Å²) in [6.45, 7) is 0.572. The lowest BCUT2D eigenvalue weighted by Gasteiger charge is -2.08. The molecule has 1 heterocycles. The lowest BCUT2D eigenvalue weighted by molar-refractivity contribution is 0.252. The highest BCUT2D eigenvalue weighted by molar-refractivity contribution is 6.30. The van der Waals surface area contributed by atoms with E-state index in [4.69, 9.17) is 11.6 Å². The van der Waals surface area contributed by atoms with Crippen LogP contribution in [-0.2, 0) is 6.42 Å². The molecule has 0 spiro atoms. The number of amides is 2. The van der Waals surface area contributed by atoms with E-state index in [-0.39, 0.29) is 6.03 Å². The zero-order chi connectivity index (χ0) is 15.4. The van der Waals surface area contributed by atoms with Gasteiger partial charge in [-0.05, 0) is 53.8 Å². The van der Waals surface area contributed by atoms with E-state index in [0.717, 1.165) is 11.9 Å². The van der Waals surface area contributed by atoms with Crippen LogP contribution in [0.15, 0.2) is 54.7 Å². The Morgan fingerprint density at radius 3 is 2.91 bits per heavy atom. The number of nitrogens with one attached hydrogen (secondary N) is 3. The number of urea groups is 1. The Bertz CT molecular complexity index is 797. The van der Waals surface area contributed by atoms with Crippen LogP contribution in [0, 0.1) is 0 Å². The van der Waals surface area contributed by atoms with Gasteiger partial charge in [0.05, 0.1) is 0 Å². The van der Waals surface area contributed by atoms with Gasteiger partial charge in [-0.2, -0.15) is 0 Å². The molecule has 1 aromatic heterocycles. The first-order valence-electron chi connectivity index (χ1n) is 7.07. The molecule has 0 aliphatic carbocycles. The molecule has 0 radical (unpaired) electrons. The van der Waals surface area contributed by atoms with Crippen molar-refractivity contribution in [3.05, 3.63) is 65.3 Å². The number of benzene rings is 2. The first-order chi connectivity index (χ1) is 10.7. The highest BCUT2D eigenvalue weighted by Gasteiger charge is 2.02. The third kappa shape index (κ3) is 3.59. The minimum Gasteiger partial charge on any atom is -0.361 e. The summed E-state index contributed by atoms with van der Waals surface area (Å²) >= 11 is 5.88. The zero-order valence-corrected chi connectivity index (χ0v) is 12.7. The van der Waals surface area contributed by atoms with E-state index in [1.165, 1.54) is 10.9 Å². The molecule has 2 aromatic carbocycles. The summed E-state index contributed by atoms with van der Waals surface area (Å²) in [7, 11) is 0. The Labute approximate surface area is 133 Å². The number of hydrogen-bond donors (Lipinski definition) is 3. The number of carbonyl (C=O) groups is 1. The van der Waals surface area contributed by atoms with E-state index >= 15 is 0 Å². The molecule has 5 heteroatoms. The van der Waals surface area contributed by atoms with Crippen LogP contribution in [0.4, 0.5) is 10.5 Å². The maximum absolute atomic E-state index is 11.8. The lowest BCUT2D eigenvalue weighted by Crippen LogP contribution is -2.30. The van der Waals surface area contributed by atoms with Crippen LogP contribution >= 0.6 is 11.6 Å². The van der Waals surface area contributed by atoms with Crippen molar-refractivity contribution in [2.24, 2.45) is 0 Å². The average molecular weight is 314 g/mol. The van der Waals surface area contributed by atoms with Crippen LogP contribution in [0.5, 0.6) is 0 Å². The monoisotopic (exact) mass is 313 g/mol. The van der Waals surface area contributed by atoms with Crippen molar-refractivity contribution >= 4 is 34.2 Å². The summed E-state index contributed by atoms with van der Waals surface area (Å²) in [6, 6.07) is 15.1. The quantitative estimate of drug-likeness (QED) is 0.664. The van der Waals surface area contributed by atoms with Gasteiger partial charge < -0.3 is 15.6 Å². The molecule has 4 nitrogen and oxygen atoms in total. The molecule has 3 rings (SSSR count). The minimum absolute atomic E-state index is 0.231. The normalized spacial score (nSPS) is 10.6. The summed E-state index contributed by atoms with van der Waals surface area (Å²) < 4.78 is 0. The fourth-order valence-electron chi connectivity index (χ4n) is 2.32. The van der Waals surface area contributed by atoms with Gasteiger partial charge in [0.15, 0.2) is 0 Å². The van der Waals surface area contributed by atoms with Gasteiger partial charge in [-0.15, -0.1) is 0 Å². The molecular weight excluding hydrogens is 298 g/mol. The van der Waals surface area contributed by atoms with Crippen LogP contribution in [0.25, 0.3) is 10.9 Å². The lowest BCUT2D eigenvalue weighted by atomic mass is 10.1. The standard InChI is InChI=1S/C17H16ClN3O/c18-14-2-1-3-15(11-14)21-17(22)20-8-6-12-4-5-16-13(10-12)7-9-19-16/h1-5,7,9-11,19H,6,8H2,(H2,20,21,22). The fraction of sp³-hybridized carbons (Fsp3) is 0.118. The molecule has 112 valence electrons. The second kappa shape index (κ2) is 6.54. The highest BCUT2D eigenvalue weighted by Crippen LogP contribution is 2.15. The molecule has 0 bridgehead atoms. The van der Waals surface area contributed by atoms with E-state index < -0.39 is 0 Å². The molecule has 22 heavy (non-hydrogen) atoms. The molecule has 0 fully saturated rings. The molecule has 0 atom stereocenters. The minimum atomic E-state index is -0.231. The summed E-state index contributed by atoms with van der Waals surface area (Å²) in [6.07, 6.45) is 2.70. The summed E-state index contributed by atoms with van der Waals surface area (Å²) in [5.41, 5.74) is 2.99. The van der Waals surface area contributed by atoms with Gasteiger partial charge in [0, 0.05) is 29.0 Å². The predicted molar refractivity (Wildman–Crippen MR) is 90.5 cm³/mol. The maximum Gasteiger partial charge on any atom is 0.319 e. The largest absolute Gasteiger partial charge is 0.361 e. The van der Waals surface area contributed by atoms with Gasteiger partial charge in [0.1, 0.15) is 0 Å². The molecular formula is C17H16ClN3O. The van der Waals surface area contributed by atoms with E-state index in [0.29, 0.717) is 17.3 Å². The topological polar surface area (TPSA) is 56.9 Å². The van der Waals surface area contributed by atoms with Gasteiger partial charge >= 0.3 is 6.03 Å². The van der Waals surface area contributed by atoms with Crippen LogP contribution in [0.2, 0.25) is 5.02 Å². The van der Waals surface area contributed by atoms with Crippen molar-refractivity contribution in [3.63, 3.8) is 0 Å². The van der Waals surface area contributed by atoms with Gasteiger partial charge in [-0.1, -0.05) is 23.7 Å². The number of aromatic nitrogens is 1. The Balaban J connectivity index is 1.50. The van der Waals surface area contributed by atoms with Crippen molar-refractivity contribution in [1.82, 2.24) is 10.3 Å². The molecule has 0 unspecified atom stereocenters. The summed E-state index contributed by atoms with van der Waals surface area (Å²) in [5, 5.41) is 7.37. The van der Waals surface area contributed by atoms with Crippen LogP contribution in [0.1, 0.15) is 5.56 Å². The number of anilines is 1. The number of rotatable bonds is 4. The van der Waals surface area contributed by atoms with E-state index in [9.17, 15) is 4.79 Å². The van der Waals surface area contributed by atoms with Crippen molar-refractivity contribution < 1.29 is 4.79 Å². The highest BCUT2D eigenvalue weighted by atomic mass is 35.5. The second-order valence-corrected chi connectivity index (χ2v) is 5.48. The molecule has 0 aliphatic rings. The summed E-state index contributed by atoms with van der Waals surface area (Å²) in [5.74, 6) is 0. The maximum atomic E-state index is 11.8. The SMILES string of the molecule is O=C(NCCc1ccc2[nH]ccc2c1)Nc1cccc(Cl)c1. The van der Waals surface area contributed by atoms with E-state index in [2.05, 4.69) is 33.8 Å². The molecule has 0 aliphatic heterocycles.